The number of hydrogen-bond acceptors (Lipinski definition) is 4. The van der Waals surface area contributed by atoms with Gasteiger partial charge in [-0.3, -0.25) is 9.69 Å². The molecule has 0 spiro atoms. The van der Waals surface area contributed by atoms with E-state index in [2.05, 4.69) is 22.0 Å². The number of carbonyl (C=O) groups is 1. The summed E-state index contributed by atoms with van der Waals surface area (Å²) in [4.78, 5) is 21.9. The summed E-state index contributed by atoms with van der Waals surface area (Å²) in [6, 6.07) is 24.7. The predicted molar refractivity (Wildman–Crippen MR) is 140 cm³/mol. The zero-order chi connectivity index (χ0) is 26.5. The van der Waals surface area contributed by atoms with Gasteiger partial charge >= 0.3 is 6.18 Å². The standard InChI is InChI=1S/C30H28F3N3O2/c31-30(32,33)24-12-10-23(11-13-24)21-35-15-17-36(18-16-35)29(37)27-20-28(25-8-4-5-9-26(25)34-27)38-19-14-22-6-2-1-3-7-22/h1-13,20H,14-19,21H2. The summed E-state index contributed by atoms with van der Waals surface area (Å²) >= 11 is 0. The number of amides is 1. The number of piperazine rings is 1. The van der Waals surface area contributed by atoms with E-state index in [4.69, 9.17) is 4.74 Å². The van der Waals surface area contributed by atoms with E-state index < -0.39 is 11.7 Å². The molecule has 0 unspecified atom stereocenters. The number of ether oxygens (including phenoxy) is 1. The van der Waals surface area contributed by atoms with Crippen molar-refractivity contribution in [1.82, 2.24) is 14.8 Å². The number of fused-ring (bicyclic) bond motifs is 1. The second kappa shape index (κ2) is 11.2. The van der Waals surface area contributed by atoms with E-state index >= 15 is 0 Å². The van der Waals surface area contributed by atoms with Gasteiger partial charge in [-0.05, 0) is 35.4 Å². The summed E-state index contributed by atoms with van der Waals surface area (Å²) in [5, 5.41) is 0.860. The van der Waals surface area contributed by atoms with Crippen LogP contribution in [-0.4, -0.2) is 53.5 Å². The van der Waals surface area contributed by atoms with Gasteiger partial charge in [0, 0.05) is 50.6 Å². The van der Waals surface area contributed by atoms with Gasteiger partial charge in [0.15, 0.2) is 0 Å². The second-order valence-electron chi connectivity index (χ2n) is 9.37. The molecule has 5 rings (SSSR count). The number of para-hydroxylation sites is 1. The van der Waals surface area contributed by atoms with Gasteiger partial charge in [0.25, 0.3) is 5.91 Å². The van der Waals surface area contributed by atoms with Crippen LogP contribution in [0.1, 0.15) is 27.2 Å². The summed E-state index contributed by atoms with van der Waals surface area (Å²) in [7, 11) is 0. The largest absolute Gasteiger partial charge is 0.492 e. The molecule has 1 aliphatic rings. The zero-order valence-electron chi connectivity index (χ0n) is 20.8. The normalized spacial score (nSPS) is 14.6. The molecule has 1 aromatic heterocycles. The third-order valence-corrected chi connectivity index (χ3v) is 6.74. The van der Waals surface area contributed by atoms with Crippen LogP contribution in [-0.2, 0) is 19.1 Å². The van der Waals surface area contributed by atoms with Crippen LogP contribution in [0.3, 0.4) is 0 Å². The molecule has 0 N–H and O–H groups in total. The van der Waals surface area contributed by atoms with Crippen molar-refractivity contribution in [3.05, 3.63) is 107 Å². The van der Waals surface area contributed by atoms with Crippen molar-refractivity contribution in [2.24, 2.45) is 0 Å². The molecule has 0 radical (unpaired) electrons. The molecule has 1 amide bonds. The molecular formula is C30H28F3N3O2. The molecule has 3 aromatic carbocycles. The Hall–Kier alpha value is -3.91. The van der Waals surface area contributed by atoms with Gasteiger partial charge in [0.2, 0.25) is 0 Å². The van der Waals surface area contributed by atoms with E-state index in [1.165, 1.54) is 17.7 Å². The van der Waals surface area contributed by atoms with Gasteiger partial charge in [-0.1, -0.05) is 54.6 Å². The Morgan fingerprint density at radius 2 is 1.53 bits per heavy atom. The minimum atomic E-state index is -4.34. The Morgan fingerprint density at radius 1 is 0.842 bits per heavy atom. The Balaban J connectivity index is 1.22. The lowest BCUT2D eigenvalue weighted by molar-refractivity contribution is -0.137. The van der Waals surface area contributed by atoms with E-state index in [1.54, 1.807) is 11.0 Å². The third kappa shape index (κ3) is 6.14. The van der Waals surface area contributed by atoms with E-state index in [0.29, 0.717) is 56.3 Å². The second-order valence-corrected chi connectivity index (χ2v) is 9.37. The van der Waals surface area contributed by atoms with Crippen molar-refractivity contribution in [3.63, 3.8) is 0 Å². The van der Waals surface area contributed by atoms with Gasteiger partial charge in [-0.2, -0.15) is 13.2 Å². The first-order valence-corrected chi connectivity index (χ1v) is 12.6. The SMILES string of the molecule is O=C(c1cc(OCCc2ccccc2)c2ccccc2n1)N1CCN(Cc2ccc(C(F)(F)F)cc2)CC1. The maximum Gasteiger partial charge on any atom is 0.416 e. The molecule has 0 atom stereocenters. The summed E-state index contributed by atoms with van der Waals surface area (Å²) in [6.07, 6.45) is -3.59. The highest BCUT2D eigenvalue weighted by atomic mass is 19.4. The molecule has 5 nitrogen and oxygen atoms in total. The average molecular weight is 520 g/mol. The van der Waals surface area contributed by atoms with Crippen LogP contribution in [0.25, 0.3) is 10.9 Å². The van der Waals surface area contributed by atoms with Crippen LogP contribution in [0, 0.1) is 0 Å². The van der Waals surface area contributed by atoms with Gasteiger partial charge < -0.3 is 9.64 Å². The van der Waals surface area contributed by atoms with E-state index in [1.807, 2.05) is 42.5 Å². The topological polar surface area (TPSA) is 45.7 Å². The number of hydrogen-bond donors (Lipinski definition) is 0. The molecule has 8 heteroatoms. The predicted octanol–water partition coefficient (Wildman–Crippen LogP) is 5.83. The van der Waals surface area contributed by atoms with Gasteiger partial charge in [-0.25, -0.2) is 4.98 Å². The maximum absolute atomic E-state index is 13.4. The number of benzene rings is 3. The Bertz CT molecular complexity index is 1380. The maximum atomic E-state index is 13.4. The number of carbonyl (C=O) groups excluding carboxylic acids is 1. The zero-order valence-corrected chi connectivity index (χ0v) is 20.8. The highest BCUT2D eigenvalue weighted by Crippen LogP contribution is 2.29. The fourth-order valence-corrected chi connectivity index (χ4v) is 4.62. The van der Waals surface area contributed by atoms with Crippen molar-refractivity contribution in [3.8, 4) is 5.75 Å². The van der Waals surface area contributed by atoms with Crippen molar-refractivity contribution < 1.29 is 22.7 Å². The quantitative estimate of drug-likeness (QED) is 0.308. The van der Waals surface area contributed by atoms with Gasteiger partial charge in [0.1, 0.15) is 11.4 Å². The molecule has 1 aliphatic heterocycles. The fraction of sp³-hybridized carbons (Fsp3) is 0.267. The van der Waals surface area contributed by atoms with Crippen LogP contribution in [0.15, 0.2) is 84.9 Å². The lowest BCUT2D eigenvalue weighted by Crippen LogP contribution is -2.48. The molecule has 2 heterocycles. The van der Waals surface area contributed by atoms with Gasteiger partial charge in [0.05, 0.1) is 17.7 Å². The first kappa shape index (κ1) is 25.7. The lowest BCUT2D eigenvalue weighted by atomic mass is 10.1. The molecular weight excluding hydrogens is 491 g/mol. The molecule has 0 bridgehead atoms. The molecule has 4 aromatic rings. The van der Waals surface area contributed by atoms with Crippen LogP contribution in [0.2, 0.25) is 0 Å². The average Bonchev–Trinajstić information content (AvgIpc) is 2.93. The van der Waals surface area contributed by atoms with Gasteiger partial charge in [-0.15, -0.1) is 0 Å². The van der Waals surface area contributed by atoms with Crippen molar-refractivity contribution in [1.29, 1.82) is 0 Å². The molecule has 196 valence electrons. The highest BCUT2D eigenvalue weighted by Gasteiger charge is 2.30. The van der Waals surface area contributed by atoms with Crippen molar-refractivity contribution >= 4 is 16.8 Å². The Morgan fingerprint density at radius 3 is 2.24 bits per heavy atom. The Kier molecular flexibility index (Phi) is 7.60. The molecule has 0 aliphatic carbocycles. The van der Waals surface area contributed by atoms with Crippen LogP contribution in [0.4, 0.5) is 13.2 Å². The summed E-state index contributed by atoms with van der Waals surface area (Å²) in [5.74, 6) is 0.480. The van der Waals surface area contributed by atoms with Crippen LogP contribution < -0.4 is 4.74 Å². The highest BCUT2D eigenvalue weighted by molar-refractivity contribution is 5.97. The Labute approximate surface area is 219 Å². The first-order valence-electron chi connectivity index (χ1n) is 12.6. The number of nitrogens with zero attached hydrogens (tertiary/aromatic N) is 3. The summed E-state index contributed by atoms with van der Waals surface area (Å²) < 4.78 is 44.6. The number of pyridine rings is 1. The van der Waals surface area contributed by atoms with E-state index in [9.17, 15) is 18.0 Å². The monoisotopic (exact) mass is 519 g/mol. The molecule has 1 saturated heterocycles. The van der Waals surface area contributed by atoms with Crippen molar-refractivity contribution in [2.45, 2.75) is 19.1 Å². The fourth-order valence-electron chi connectivity index (χ4n) is 4.62. The molecule has 1 fully saturated rings. The number of halogens is 3. The molecule has 0 saturated carbocycles. The number of aromatic nitrogens is 1. The third-order valence-electron chi connectivity index (χ3n) is 6.74. The summed E-state index contributed by atoms with van der Waals surface area (Å²) in [5.41, 5.74) is 2.38. The first-order chi connectivity index (χ1) is 18.4. The smallest absolute Gasteiger partial charge is 0.416 e. The van der Waals surface area contributed by atoms with Crippen LogP contribution >= 0.6 is 0 Å². The van der Waals surface area contributed by atoms with E-state index in [0.717, 1.165) is 29.5 Å². The number of rotatable bonds is 7. The molecule has 38 heavy (non-hydrogen) atoms. The lowest BCUT2D eigenvalue weighted by Gasteiger charge is -2.34. The summed E-state index contributed by atoms with van der Waals surface area (Å²) in [6.45, 7) is 3.29. The van der Waals surface area contributed by atoms with Crippen LogP contribution in [0.5, 0.6) is 5.75 Å². The minimum Gasteiger partial charge on any atom is -0.492 e. The van der Waals surface area contributed by atoms with E-state index in [-0.39, 0.29) is 5.91 Å². The minimum absolute atomic E-state index is 0.155. The van der Waals surface area contributed by atoms with Crippen molar-refractivity contribution in [2.75, 3.05) is 32.8 Å². The number of alkyl halides is 3.